The third-order valence-electron chi connectivity index (χ3n) is 2.81. The van der Waals surface area contributed by atoms with Gasteiger partial charge in [-0.05, 0) is 20.3 Å². The Kier molecular flexibility index (Phi) is 5.08. The first-order valence-corrected chi connectivity index (χ1v) is 6.53. The average Bonchev–Trinajstić information content (AvgIpc) is 2.29. The number of hydrogen-bond donors (Lipinski definition) is 4. The highest BCUT2D eigenvalue weighted by Crippen LogP contribution is 2.25. The van der Waals surface area contributed by atoms with Gasteiger partial charge in [0.15, 0.2) is 0 Å². The van der Waals surface area contributed by atoms with E-state index in [1.165, 1.54) is 0 Å². The van der Waals surface area contributed by atoms with Gasteiger partial charge >= 0.3 is 0 Å². The lowest BCUT2D eigenvalue weighted by Crippen LogP contribution is -2.22. The lowest BCUT2D eigenvalue weighted by atomic mass is 9.95. The van der Waals surface area contributed by atoms with Gasteiger partial charge in [0.25, 0.3) is 0 Å². The number of hydrazine groups is 1. The molecule has 19 heavy (non-hydrogen) atoms. The zero-order valence-electron chi connectivity index (χ0n) is 12.4. The first kappa shape index (κ1) is 15.7. The number of nitrogens with zero attached hydrogens (tertiary/aromatic N) is 2. The molecular weight excluding hydrogens is 242 g/mol. The molecule has 0 amide bonds. The van der Waals surface area contributed by atoms with Gasteiger partial charge in [0.2, 0.25) is 0 Å². The third kappa shape index (κ3) is 4.33. The van der Waals surface area contributed by atoms with Crippen LogP contribution in [0.2, 0.25) is 0 Å². The molecule has 1 unspecified atom stereocenters. The monoisotopic (exact) mass is 267 g/mol. The Morgan fingerprint density at radius 3 is 2.32 bits per heavy atom. The van der Waals surface area contributed by atoms with Crippen molar-refractivity contribution in [3.8, 4) is 0 Å². The second-order valence-electron chi connectivity index (χ2n) is 5.83. The molecule has 1 aromatic rings. The first-order valence-electron chi connectivity index (χ1n) is 6.53. The SMILES string of the molecule is Cc1c(NN)nc(C(C)(C)C)nc1NCCC(C)O. The molecule has 0 aliphatic rings. The number of nitrogens with two attached hydrogens (primary N) is 1. The Morgan fingerprint density at radius 2 is 1.84 bits per heavy atom. The minimum atomic E-state index is -0.330. The highest BCUT2D eigenvalue weighted by molar-refractivity contribution is 5.57. The van der Waals surface area contributed by atoms with Crippen LogP contribution in [0.3, 0.4) is 0 Å². The number of anilines is 2. The van der Waals surface area contributed by atoms with Gasteiger partial charge in [-0.1, -0.05) is 20.8 Å². The zero-order chi connectivity index (χ0) is 14.6. The van der Waals surface area contributed by atoms with Crippen LogP contribution in [0.25, 0.3) is 0 Å². The predicted molar refractivity (Wildman–Crippen MR) is 78.1 cm³/mol. The molecule has 1 atom stereocenters. The molecule has 0 saturated carbocycles. The van der Waals surface area contributed by atoms with Gasteiger partial charge in [0, 0.05) is 17.5 Å². The number of aliphatic hydroxyl groups is 1. The Balaban J connectivity index is 3.01. The molecule has 0 aliphatic heterocycles. The first-order chi connectivity index (χ1) is 8.75. The van der Waals surface area contributed by atoms with Crippen molar-refractivity contribution in [3.63, 3.8) is 0 Å². The van der Waals surface area contributed by atoms with Gasteiger partial charge in [-0.3, -0.25) is 0 Å². The van der Waals surface area contributed by atoms with Crippen molar-refractivity contribution in [3.05, 3.63) is 11.4 Å². The normalized spacial score (nSPS) is 13.2. The second-order valence-corrected chi connectivity index (χ2v) is 5.83. The Labute approximate surface area is 114 Å². The molecule has 6 nitrogen and oxygen atoms in total. The number of aromatic nitrogens is 2. The fraction of sp³-hybridized carbons (Fsp3) is 0.692. The van der Waals surface area contributed by atoms with Crippen LogP contribution in [-0.4, -0.2) is 27.7 Å². The minimum Gasteiger partial charge on any atom is -0.393 e. The van der Waals surface area contributed by atoms with Gasteiger partial charge in [-0.15, -0.1) is 0 Å². The van der Waals surface area contributed by atoms with E-state index in [4.69, 9.17) is 5.84 Å². The molecule has 1 heterocycles. The summed E-state index contributed by atoms with van der Waals surface area (Å²) in [6, 6.07) is 0. The van der Waals surface area contributed by atoms with Crippen LogP contribution in [0.15, 0.2) is 0 Å². The summed E-state index contributed by atoms with van der Waals surface area (Å²) in [5.74, 6) is 7.61. The molecule has 0 bridgehead atoms. The topological polar surface area (TPSA) is 96.1 Å². The number of hydrogen-bond acceptors (Lipinski definition) is 6. The third-order valence-corrected chi connectivity index (χ3v) is 2.81. The molecular formula is C13H25N5O. The summed E-state index contributed by atoms with van der Waals surface area (Å²) in [6.45, 7) is 10.5. The second kappa shape index (κ2) is 6.16. The molecule has 108 valence electrons. The van der Waals surface area contributed by atoms with Gasteiger partial charge in [0.05, 0.1) is 6.10 Å². The number of nitrogens with one attached hydrogen (secondary N) is 2. The van der Waals surface area contributed by atoms with Crippen LogP contribution in [0.1, 0.15) is 45.5 Å². The van der Waals surface area contributed by atoms with Crippen molar-refractivity contribution in [2.45, 2.75) is 52.6 Å². The van der Waals surface area contributed by atoms with E-state index < -0.39 is 0 Å². The van der Waals surface area contributed by atoms with Crippen LogP contribution in [-0.2, 0) is 5.41 Å². The van der Waals surface area contributed by atoms with Gasteiger partial charge in [-0.25, -0.2) is 15.8 Å². The Morgan fingerprint density at radius 1 is 1.26 bits per heavy atom. The van der Waals surface area contributed by atoms with E-state index in [0.717, 1.165) is 17.2 Å². The standard InChI is InChI=1S/C13H25N5O/c1-8(19)6-7-15-10-9(2)11(18-14)17-12(16-10)13(3,4)5/h8,19H,6-7,14H2,1-5H3,(H2,15,16,17,18). The molecule has 0 radical (unpaired) electrons. The summed E-state index contributed by atoms with van der Waals surface area (Å²) in [5.41, 5.74) is 3.33. The van der Waals surface area contributed by atoms with Crippen molar-refractivity contribution in [2.75, 3.05) is 17.3 Å². The van der Waals surface area contributed by atoms with E-state index in [1.54, 1.807) is 6.92 Å². The van der Waals surface area contributed by atoms with Gasteiger partial charge < -0.3 is 15.8 Å². The maximum Gasteiger partial charge on any atom is 0.148 e. The average molecular weight is 267 g/mol. The predicted octanol–water partition coefficient (Wildman–Crippen LogP) is 1.55. The summed E-state index contributed by atoms with van der Waals surface area (Å²) >= 11 is 0. The van der Waals surface area contributed by atoms with Crippen LogP contribution in [0.4, 0.5) is 11.6 Å². The minimum absolute atomic E-state index is 0.153. The van der Waals surface area contributed by atoms with Crippen LogP contribution in [0.5, 0.6) is 0 Å². The molecule has 0 saturated heterocycles. The van der Waals surface area contributed by atoms with Crippen LogP contribution < -0.4 is 16.6 Å². The van der Waals surface area contributed by atoms with Crippen molar-refractivity contribution in [1.82, 2.24) is 9.97 Å². The van der Waals surface area contributed by atoms with E-state index >= 15 is 0 Å². The fourth-order valence-electron chi connectivity index (χ4n) is 1.56. The lowest BCUT2D eigenvalue weighted by molar-refractivity contribution is 0.188. The summed E-state index contributed by atoms with van der Waals surface area (Å²) < 4.78 is 0. The Bertz CT molecular complexity index is 426. The maximum atomic E-state index is 9.28. The molecule has 1 rings (SSSR count). The van der Waals surface area contributed by atoms with E-state index in [1.807, 2.05) is 6.92 Å². The van der Waals surface area contributed by atoms with Crippen molar-refractivity contribution >= 4 is 11.6 Å². The Hall–Kier alpha value is -1.40. The van der Waals surface area contributed by atoms with Crippen LogP contribution in [0, 0.1) is 6.92 Å². The molecule has 0 fully saturated rings. The molecule has 1 aromatic heterocycles. The summed E-state index contributed by atoms with van der Waals surface area (Å²) in [7, 11) is 0. The van der Waals surface area contributed by atoms with Crippen LogP contribution >= 0.6 is 0 Å². The highest BCUT2D eigenvalue weighted by Gasteiger charge is 2.20. The summed E-state index contributed by atoms with van der Waals surface area (Å²) in [6.07, 6.45) is 0.337. The van der Waals surface area contributed by atoms with Crippen molar-refractivity contribution in [2.24, 2.45) is 5.84 Å². The molecule has 0 aliphatic carbocycles. The number of rotatable bonds is 5. The van der Waals surface area contributed by atoms with E-state index in [2.05, 4.69) is 41.5 Å². The fourth-order valence-corrected chi connectivity index (χ4v) is 1.56. The highest BCUT2D eigenvalue weighted by atomic mass is 16.3. The van der Waals surface area contributed by atoms with E-state index in [-0.39, 0.29) is 11.5 Å². The molecule has 5 N–H and O–H groups in total. The van der Waals surface area contributed by atoms with Crippen molar-refractivity contribution < 1.29 is 5.11 Å². The smallest absolute Gasteiger partial charge is 0.148 e. The summed E-state index contributed by atoms with van der Waals surface area (Å²) in [4.78, 5) is 8.98. The largest absolute Gasteiger partial charge is 0.393 e. The molecule has 0 spiro atoms. The molecule has 0 aromatic carbocycles. The van der Waals surface area contributed by atoms with E-state index in [0.29, 0.717) is 18.8 Å². The van der Waals surface area contributed by atoms with Gasteiger partial charge in [-0.2, -0.15) is 0 Å². The zero-order valence-corrected chi connectivity index (χ0v) is 12.4. The maximum absolute atomic E-state index is 9.28. The quantitative estimate of drug-likeness (QED) is 0.477. The summed E-state index contributed by atoms with van der Waals surface area (Å²) in [5, 5.41) is 12.5. The van der Waals surface area contributed by atoms with Crippen molar-refractivity contribution in [1.29, 1.82) is 0 Å². The van der Waals surface area contributed by atoms with Gasteiger partial charge in [0.1, 0.15) is 17.5 Å². The molecule has 6 heteroatoms. The lowest BCUT2D eigenvalue weighted by Gasteiger charge is -2.20. The number of nitrogen functional groups attached to an aromatic ring is 1. The van der Waals surface area contributed by atoms with E-state index in [9.17, 15) is 5.11 Å². The number of aliphatic hydroxyl groups excluding tert-OH is 1.